The average Bonchev–Trinajstić information content (AvgIpc) is 2.94. The standard InChI is InChI=1S/C18H11NO2/c20-9-15-17-13-7-3-1-5-11(13)12-6-2-4-8-14(12)18(17)16(10-21)19-15/h1-10,19H. The summed E-state index contributed by atoms with van der Waals surface area (Å²) < 4.78 is 0. The first-order valence-electron chi connectivity index (χ1n) is 6.70. The van der Waals surface area contributed by atoms with E-state index < -0.39 is 0 Å². The van der Waals surface area contributed by atoms with Crippen LogP contribution in [0.3, 0.4) is 0 Å². The summed E-state index contributed by atoms with van der Waals surface area (Å²) in [6.07, 6.45) is 1.55. The quantitative estimate of drug-likeness (QED) is 0.441. The first-order valence-corrected chi connectivity index (χ1v) is 6.70. The number of carbonyl (C=O) groups excluding carboxylic acids is 2. The molecule has 3 aromatic carbocycles. The molecule has 0 aliphatic rings. The van der Waals surface area contributed by atoms with E-state index in [-0.39, 0.29) is 0 Å². The van der Waals surface area contributed by atoms with Crippen molar-refractivity contribution in [2.45, 2.75) is 0 Å². The Morgan fingerprint density at radius 2 is 1.00 bits per heavy atom. The Kier molecular flexibility index (Phi) is 2.42. The third-order valence-electron chi connectivity index (χ3n) is 3.98. The summed E-state index contributed by atoms with van der Waals surface area (Å²) in [5.41, 5.74) is 0.906. The highest BCUT2D eigenvalue weighted by Crippen LogP contribution is 2.37. The molecule has 3 heteroatoms. The summed E-state index contributed by atoms with van der Waals surface area (Å²) in [4.78, 5) is 25.7. The Labute approximate surface area is 120 Å². The van der Waals surface area contributed by atoms with Gasteiger partial charge in [-0.25, -0.2) is 0 Å². The molecule has 0 amide bonds. The highest BCUT2D eigenvalue weighted by Gasteiger charge is 2.16. The molecule has 0 aliphatic carbocycles. The molecule has 0 atom stereocenters. The van der Waals surface area contributed by atoms with Crippen LogP contribution in [0.15, 0.2) is 48.5 Å². The van der Waals surface area contributed by atoms with Crippen molar-refractivity contribution in [2.24, 2.45) is 0 Å². The molecular formula is C18H11NO2. The van der Waals surface area contributed by atoms with Crippen LogP contribution in [0.2, 0.25) is 0 Å². The molecule has 0 saturated carbocycles. The van der Waals surface area contributed by atoms with Gasteiger partial charge in [0.05, 0.1) is 11.4 Å². The zero-order valence-electron chi connectivity index (χ0n) is 11.1. The largest absolute Gasteiger partial charge is 0.349 e. The van der Waals surface area contributed by atoms with E-state index in [4.69, 9.17) is 0 Å². The van der Waals surface area contributed by atoms with E-state index in [9.17, 15) is 9.59 Å². The van der Waals surface area contributed by atoms with Crippen molar-refractivity contribution in [1.82, 2.24) is 4.98 Å². The summed E-state index contributed by atoms with van der Waals surface area (Å²) >= 11 is 0. The molecule has 0 aliphatic heterocycles. The van der Waals surface area contributed by atoms with Crippen LogP contribution >= 0.6 is 0 Å². The summed E-state index contributed by atoms with van der Waals surface area (Å²) in [7, 11) is 0. The van der Waals surface area contributed by atoms with Crippen molar-refractivity contribution in [2.75, 3.05) is 0 Å². The molecule has 0 bridgehead atoms. The zero-order chi connectivity index (χ0) is 14.4. The van der Waals surface area contributed by atoms with Gasteiger partial charge in [0.15, 0.2) is 12.6 Å². The lowest BCUT2D eigenvalue weighted by Gasteiger charge is -2.07. The van der Waals surface area contributed by atoms with Gasteiger partial charge in [-0.1, -0.05) is 48.5 Å². The summed E-state index contributed by atoms with van der Waals surface area (Å²) in [6.45, 7) is 0. The molecule has 21 heavy (non-hydrogen) atoms. The normalized spacial score (nSPS) is 11.2. The number of H-pyrrole nitrogens is 1. The maximum Gasteiger partial charge on any atom is 0.166 e. The first-order chi connectivity index (χ1) is 10.3. The number of fused-ring (bicyclic) bond motifs is 6. The Bertz CT molecular complexity index is 946. The molecule has 0 unspecified atom stereocenters. The number of benzene rings is 3. The highest BCUT2D eigenvalue weighted by atomic mass is 16.1. The van der Waals surface area contributed by atoms with E-state index in [1.807, 2.05) is 48.5 Å². The number of hydrogen-bond donors (Lipinski definition) is 1. The summed E-state index contributed by atoms with van der Waals surface area (Å²) in [5.74, 6) is 0. The van der Waals surface area contributed by atoms with E-state index >= 15 is 0 Å². The number of hydrogen-bond acceptors (Lipinski definition) is 2. The van der Waals surface area contributed by atoms with Crippen LogP contribution in [0.5, 0.6) is 0 Å². The van der Waals surface area contributed by atoms with E-state index in [0.717, 1.165) is 44.9 Å². The van der Waals surface area contributed by atoms with Crippen molar-refractivity contribution < 1.29 is 9.59 Å². The van der Waals surface area contributed by atoms with E-state index in [1.165, 1.54) is 0 Å². The first kappa shape index (κ1) is 11.9. The fourth-order valence-electron chi connectivity index (χ4n) is 3.15. The Morgan fingerprint density at radius 3 is 1.38 bits per heavy atom. The van der Waals surface area contributed by atoms with E-state index in [2.05, 4.69) is 4.98 Å². The number of nitrogens with one attached hydrogen (secondary N) is 1. The summed E-state index contributed by atoms with van der Waals surface area (Å²) in [6, 6.07) is 15.9. The lowest BCUT2D eigenvalue weighted by Crippen LogP contribution is -1.83. The lowest BCUT2D eigenvalue weighted by molar-refractivity contribution is 0.112. The second-order valence-electron chi connectivity index (χ2n) is 5.03. The minimum Gasteiger partial charge on any atom is -0.349 e. The van der Waals surface area contributed by atoms with E-state index in [0.29, 0.717) is 11.4 Å². The number of carbonyl (C=O) groups is 2. The minimum atomic E-state index is 0.453. The molecule has 100 valence electrons. The van der Waals surface area contributed by atoms with Crippen molar-refractivity contribution in [3.63, 3.8) is 0 Å². The van der Waals surface area contributed by atoms with Gasteiger partial charge in [0, 0.05) is 10.8 Å². The van der Waals surface area contributed by atoms with Crippen molar-refractivity contribution in [1.29, 1.82) is 0 Å². The fraction of sp³-hybridized carbons (Fsp3) is 0. The van der Waals surface area contributed by atoms with Gasteiger partial charge in [0.25, 0.3) is 0 Å². The van der Waals surface area contributed by atoms with Gasteiger partial charge >= 0.3 is 0 Å². The van der Waals surface area contributed by atoms with Gasteiger partial charge in [-0.2, -0.15) is 0 Å². The van der Waals surface area contributed by atoms with E-state index in [1.54, 1.807) is 0 Å². The maximum absolute atomic E-state index is 11.4. The minimum absolute atomic E-state index is 0.453. The van der Waals surface area contributed by atoms with Crippen LogP contribution in [-0.4, -0.2) is 17.6 Å². The Hall–Kier alpha value is -2.94. The molecule has 1 N–H and O–H groups in total. The third kappa shape index (κ3) is 1.48. The molecule has 0 radical (unpaired) electrons. The molecule has 1 aromatic heterocycles. The Balaban J connectivity index is 2.46. The highest BCUT2D eigenvalue weighted by molar-refractivity contribution is 6.30. The van der Waals surface area contributed by atoms with Gasteiger partial charge < -0.3 is 4.98 Å². The molecule has 0 spiro atoms. The van der Waals surface area contributed by atoms with Gasteiger partial charge in [-0.05, 0) is 21.5 Å². The topological polar surface area (TPSA) is 49.9 Å². The zero-order valence-corrected chi connectivity index (χ0v) is 11.1. The molecule has 3 nitrogen and oxygen atoms in total. The van der Waals surface area contributed by atoms with Crippen LogP contribution in [-0.2, 0) is 0 Å². The predicted molar refractivity (Wildman–Crippen MR) is 84.1 cm³/mol. The van der Waals surface area contributed by atoms with Crippen LogP contribution in [0.1, 0.15) is 21.0 Å². The predicted octanol–water partition coefficient (Wildman–Crippen LogP) is 4.10. The van der Waals surface area contributed by atoms with Crippen molar-refractivity contribution >= 4 is 44.9 Å². The molecule has 4 aromatic rings. The van der Waals surface area contributed by atoms with Gasteiger partial charge in [0.1, 0.15) is 0 Å². The van der Waals surface area contributed by atoms with Crippen LogP contribution in [0, 0.1) is 0 Å². The second kappa shape index (κ2) is 4.28. The van der Waals surface area contributed by atoms with Crippen molar-refractivity contribution in [3.05, 3.63) is 59.9 Å². The van der Waals surface area contributed by atoms with Gasteiger partial charge in [0.2, 0.25) is 0 Å². The molecule has 1 heterocycles. The number of aldehydes is 2. The Morgan fingerprint density at radius 1 is 0.619 bits per heavy atom. The van der Waals surface area contributed by atoms with Crippen LogP contribution < -0.4 is 0 Å². The molecule has 4 rings (SSSR count). The number of aromatic nitrogens is 1. The molecule has 0 saturated heterocycles. The summed E-state index contributed by atoms with van der Waals surface area (Å²) in [5, 5.41) is 5.78. The fourth-order valence-corrected chi connectivity index (χ4v) is 3.15. The third-order valence-corrected chi connectivity index (χ3v) is 3.98. The number of rotatable bonds is 2. The number of aromatic amines is 1. The monoisotopic (exact) mass is 273 g/mol. The van der Waals surface area contributed by atoms with Crippen molar-refractivity contribution in [3.8, 4) is 0 Å². The SMILES string of the molecule is O=Cc1[nH]c(C=O)c2c3ccccc3c3ccccc3c12. The smallest absolute Gasteiger partial charge is 0.166 e. The van der Waals surface area contributed by atoms with Crippen LogP contribution in [0.4, 0.5) is 0 Å². The van der Waals surface area contributed by atoms with Gasteiger partial charge in [-0.15, -0.1) is 0 Å². The molecular weight excluding hydrogens is 262 g/mol. The second-order valence-corrected chi connectivity index (χ2v) is 5.03. The van der Waals surface area contributed by atoms with Gasteiger partial charge in [-0.3, -0.25) is 9.59 Å². The van der Waals surface area contributed by atoms with Crippen LogP contribution in [0.25, 0.3) is 32.3 Å². The maximum atomic E-state index is 11.4. The lowest BCUT2D eigenvalue weighted by atomic mass is 9.95. The molecule has 0 fully saturated rings. The average molecular weight is 273 g/mol.